The summed E-state index contributed by atoms with van der Waals surface area (Å²) in [6, 6.07) is 9.77. The van der Waals surface area contributed by atoms with Crippen LogP contribution < -0.4 is 5.32 Å². The van der Waals surface area contributed by atoms with Crippen molar-refractivity contribution in [3.63, 3.8) is 0 Å². The summed E-state index contributed by atoms with van der Waals surface area (Å²) in [7, 11) is 0. The van der Waals surface area contributed by atoms with Crippen LogP contribution in [0.4, 0.5) is 5.82 Å². The molecule has 8 heteroatoms. The molecule has 0 amide bonds. The van der Waals surface area contributed by atoms with Gasteiger partial charge in [0.25, 0.3) is 0 Å². The van der Waals surface area contributed by atoms with E-state index in [9.17, 15) is 15.0 Å². The van der Waals surface area contributed by atoms with E-state index in [-0.39, 0.29) is 24.3 Å². The maximum atomic E-state index is 13.1. The van der Waals surface area contributed by atoms with Crippen LogP contribution in [0.2, 0.25) is 0 Å². The number of anilines is 1. The van der Waals surface area contributed by atoms with E-state index in [2.05, 4.69) is 31.2 Å². The summed E-state index contributed by atoms with van der Waals surface area (Å²) in [5.41, 5.74) is 2.07. The van der Waals surface area contributed by atoms with Gasteiger partial charge in [-0.1, -0.05) is 28.1 Å². The summed E-state index contributed by atoms with van der Waals surface area (Å²) >= 11 is 3.48. The number of aliphatic hydroxyl groups excluding tert-OH is 2. The monoisotopic (exact) mass is 470 g/mol. The maximum absolute atomic E-state index is 13.1. The summed E-state index contributed by atoms with van der Waals surface area (Å²) in [5.74, 6) is 0.129. The van der Waals surface area contributed by atoms with Gasteiger partial charge in [-0.15, -0.1) is 0 Å². The molecule has 1 fully saturated rings. The first-order valence-electron chi connectivity index (χ1n) is 9.84. The zero-order valence-corrected chi connectivity index (χ0v) is 17.9. The highest BCUT2D eigenvalue weighted by atomic mass is 79.9. The van der Waals surface area contributed by atoms with Crippen molar-refractivity contribution in [2.75, 3.05) is 11.9 Å². The standard InChI is InChI=1S/C22H23BrN4O3/c23-17-3-1-2-14(6-17)10-27-5-4-15(11-27)21(30)19-9-24-13-25-22(19)26-18-7-16(12-28)20(29)8-18/h1-6,9,11,13,16,18,20,28-29H,7-8,10,12H2,(H,24,25,26)/t16-,18?,20-/m0/s1. The first kappa shape index (κ1) is 20.7. The molecule has 0 bridgehead atoms. The number of rotatable bonds is 7. The van der Waals surface area contributed by atoms with Crippen LogP contribution in [0.3, 0.4) is 0 Å². The Morgan fingerprint density at radius 3 is 2.93 bits per heavy atom. The third-order valence-corrected chi connectivity index (χ3v) is 5.95. The van der Waals surface area contributed by atoms with Crippen LogP contribution in [-0.2, 0) is 6.54 Å². The molecule has 7 nitrogen and oxygen atoms in total. The number of aliphatic hydroxyl groups is 2. The highest BCUT2D eigenvalue weighted by Gasteiger charge is 2.33. The van der Waals surface area contributed by atoms with Crippen molar-refractivity contribution in [3.05, 3.63) is 76.4 Å². The van der Waals surface area contributed by atoms with Crippen LogP contribution in [0.15, 0.2) is 59.7 Å². The van der Waals surface area contributed by atoms with Gasteiger partial charge in [-0.2, -0.15) is 0 Å². The minimum Gasteiger partial charge on any atom is -0.396 e. The second-order valence-corrected chi connectivity index (χ2v) is 8.55. The van der Waals surface area contributed by atoms with E-state index in [1.807, 2.05) is 41.2 Å². The smallest absolute Gasteiger partial charge is 0.199 e. The molecule has 3 aromatic rings. The second-order valence-electron chi connectivity index (χ2n) is 7.64. The molecule has 30 heavy (non-hydrogen) atoms. The number of benzene rings is 1. The van der Waals surface area contributed by atoms with Crippen LogP contribution in [-0.4, -0.2) is 49.3 Å². The average Bonchev–Trinajstić information content (AvgIpc) is 3.34. The fraction of sp³-hybridized carbons (Fsp3) is 0.318. The summed E-state index contributed by atoms with van der Waals surface area (Å²) in [4.78, 5) is 21.4. The van der Waals surface area contributed by atoms with E-state index in [0.717, 1.165) is 10.0 Å². The third kappa shape index (κ3) is 4.61. The zero-order valence-electron chi connectivity index (χ0n) is 16.3. The predicted molar refractivity (Wildman–Crippen MR) is 116 cm³/mol. The van der Waals surface area contributed by atoms with Gasteiger partial charge in [0.15, 0.2) is 5.78 Å². The van der Waals surface area contributed by atoms with Crippen molar-refractivity contribution in [1.82, 2.24) is 14.5 Å². The zero-order chi connectivity index (χ0) is 21.1. The van der Waals surface area contributed by atoms with Crippen LogP contribution in [0.5, 0.6) is 0 Å². The fourth-order valence-electron chi connectivity index (χ4n) is 3.90. The normalized spacial score (nSPS) is 21.0. The molecule has 156 valence electrons. The van der Waals surface area contributed by atoms with Gasteiger partial charge in [0, 0.05) is 53.7 Å². The van der Waals surface area contributed by atoms with Gasteiger partial charge in [0.1, 0.15) is 12.1 Å². The van der Waals surface area contributed by atoms with Crippen molar-refractivity contribution in [2.45, 2.75) is 31.5 Å². The van der Waals surface area contributed by atoms with E-state index in [1.165, 1.54) is 12.5 Å². The number of aromatic nitrogens is 3. The van der Waals surface area contributed by atoms with Gasteiger partial charge in [-0.3, -0.25) is 4.79 Å². The second kappa shape index (κ2) is 9.07. The molecule has 0 radical (unpaired) electrons. The number of hydrogen-bond donors (Lipinski definition) is 3. The molecule has 0 saturated heterocycles. The first-order chi connectivity index (χ1) is 14.5. The summed E-state index contributed by atoms with van der Waals surface area (Å²) in [5, 5.41) is 22.6. The van der Waals surface area contributed by atoms with Crippen LogP contribution >= 0.6 is 15.9 Å². The lowest BCUT2D eigenvalue weighted by atomic mass is 10.1. The quantitative estimate of drug-likeness (QED) is 0.459. The van der Waals surface area contributed by atoms with Crippen LogP contribution in [0, 0.1) is 5.92 Å². The highest BCUT2D eigenvalue weighted by molar-refractivity contribution is 9.10. The molecule has 3 N–H and O–H groups in total. The molecule has 1 unspecified atom stereocenters. The Morgan fingerprint density at radius 2 is 2.17 bits per heavy atom. The lowest BCUT2D eigenvalue weighted by molar-refractivity contribution is 0.0908. The molecular formula is C22H23BrN4O3. The number of carbonyl (C=O) groups excluding carboxylic acids is 1. The topological polar surface area (TPSA) is 100 Å². The van der Waals surface area contributed by atoms with Crippen LogP contribution in [0.1, 0.15) is 34.3 Å². The van der Waals surface area contributed by atoms with Gasteiger partial charge in [-0.25, -0.2) is 9.97 Å². The number of hydrogen-bond acceptors (Lipinski definition) is 6. The number of nitrogens with zero attached hydrogens (tertiary/aromatic N) is 3. The van der Waals surface area contributed by atoms with Crippen molar-refractivity contribution in [3.8, 4) is 0 Å². The molecule has 0 aliphatic heterocycles. The fourth-order valence-corrected chi connectivity index (χ4v) is 4.34. The summed E-state index contributed by atoms with van der Waals surface area (Å²) in [6.07, 6.45) is 7.18. The van der Waals surface area contributed by atoms with E-state index in [4.69, 9.17) is 0 Å². The Hall–Kier alpha value is -2.55. The highest BCUT2D eigenvalue weighted by Crippen LogP contribution is 2.29. The van der Waals surface area contributed by atoms with E-state index >= 15 is 0 Å². The largest absolute Gasteiger partial charge is 0.396 e. The van der Waals surface area contributed by atoms with Gasteiger partial charge in [0.2, 0.25) is 0 Å². The van der Waals surface area contributed by atoms with E-state index in [0.29, 0.717) is 36.3 Å². The number of carbonyl (C=O) groups is 1. The average molecular weight is 471 g/mol. The van der Waals surface area contributed by atoms with Gasteiger partial charge in [-0.05, 0) is 36.6 Å². The minimum absolute atomic E-state index is 0.0551. The number of ketones is 1. The molecule has 3 atom stereocenters. The first-order valence-corrected chi connectivity index (χ1v) is 10.6. The minimum atomic E-state index is -0.555. The van der Waals surface area contributed by atoms with Crippen LogP contribution in [0.25, 0.3) is 0 Å². The Bertz CT molecular complexity index is 1040. The van der Waals surface area contributed by atoms with Gasteiger partial charge >= 0.3 is 0 Å². The molecular weight excluding hydrogens is 448 g/mol. The molecule has 2 heterocycles. The molecule has 1 aliphatic rings. The predicted octanol–water partition coefficient (Wildman–Crippen LogP) is 2.86. The molecule has 1 saturated carbocycles. The van der Waals surface area contributed by atoms with Gasteiger partial charge < -0.3 is 20.1 Å². The third-order valence-electron chi connectivity index (χ3n) is 5.46. The Morgan fingerprint density at radius 1 is 1.30 bits per heavy atom. The van der Waals surface area contributed by atoms with Crippen molar-refractivity contribution in [2.24, 2.45) is 5.92 Å². The Kier molecular flexibility index (Phi) is 6.26. The molecule has 2 aromatic heterocycles. The number of halogens is 1. The molecule has 1 aliphatic carbocycles. The van der Waals surface area contributed by atoms with E-state index < -0.39 is 6.10 Å². The van der Waals surface area contributed by atoms with Crippen molar-refractivity contribution < 1.29 is 15.0 Å². The van der Waals surface area contributed by atoms with Crippen molar-refractivity contribution in [1.29, 1.82) is 0 Å². The summed E-state index contributed by atoms with van der Waals surface area (Å²) < 4.78 is 2.98. The maximum Gasteiger partial charge on any atom is 0.199 e. The van der Waals surface area contributed by atoms with Gasteiger partial charge in [0.05, 0.1) is 11.7 Å². The lowest BCUT2D eigenvalue weighted by Gasteiger charge is -2.15. The van der Waals surface area contributed by atoms with Crippen molar-refractivity contribution >= 4 is 27.5 Å². The SMILES string of the molecule is O=C(c1ccn(Cc2cccc(Br)c2)c1)c1cncnc1NC1C[C@@H](CO)[C@@H](O)C1. The lowest BCUT2D eigenvalue weighted by Crippen LogP contribution is -2.20. The Balaban J connectivity index is 1.50. The molecule has 1 aromatic carbocycles. The Labute approximate surface area is 182 Å². The number of nitrogens with one attached hydrogen (secondary N) is 1. The molecule has 4 rings (SSSR count). The van der Waals surface area contributed by atoms with E-state index in [1.54, 1.807) is 6.07 Å². The molecule has 0 spiro atoms. The summed E-state index contributed by atoms with van der Waals surface area (Å²) in [6.45, 7) is 0.603.